The molecule has 1 aromatic rings. The molecule has 2 N–H and O–H groups in total. The highest BCUT2D eigenvalue weighted by molar-refractivity contribution is 7.88. The zero-order valence-electron chi connectivity index (χ0n) is 11.5. The number of carbonyl (C=O) groups is 1. The predicted molar refractivity (Wildman–Crippen MR) is 79.3 cm³/mol. The molecule has 0 saturated carbocycles. The van der Waals surface area contributed by atoms with E-state index in [9.17, 15) is 18.3 Å². The van der Waals surface area contributed by atoms with Crippen LogP contribution in [0, 0.1) is 0 Å². The average Bonchev–Trinajstić information content (AvgIpc) is 2.78. The average molecular weight is 333 g/mol. The van der Waals surface area contributed by atoms with Gasteiger partial charge in [0.05, 0.1) is 12.4 Å². The maximum absolute atomic E-state index is 12.1. The van der Waals surface area contributed by atoms with Gasteiger partial charge >= 0.3 is 0 Å². The Labute approximate surface area is 128 Å². The van der Waals surface area contributed by atoms with Gasteiger partial charge in [-0.15, -0.1) is 0 Å². The van der Waals surface area contributed by atoms with Crippen LogP contribution in [0.1, 0.15) is 12.0 Å². The maximum atomic E-state index is 12.1. The number of sulfonamides is 1. The summed E-state index contributed by atoms with van der Waals surface area (Å²) in [5.41, 5.74) is 0.820. The molecular weight excluding hydrogens is 316 g/mol. The summed E-state index contributed by atoms with van der Waals surface area (Å²) in [6, 6.07) is 6.16. The van der Waals surface area contributed by atoms with Gasteiger partial charge in [-0.25, -0.2) is 8.42 Å². The summed E-state index contributed by atoms with van der Waals surface area (Å²) in [5, 5.41) is 12.8. The Hall–Kier alpha value is -1.15. The minimum Gasteiger partial charge on any atom is -0.392 e. The van der Waals surface area contributed by atoms with Crippen LogP contribution in [-0.4, -0.2) is 48.7 Å². The Morgan fingerprint density at radius 3 is 2.86 bits per heavy atom. The Morgan fingerprint density at radius 2 is 2.24 bits per heavy atom. The lowest BCUT2D eigenvalue weighted by atomic mass is 10.2. The van der Waals surface area contributed by atoms with Crippen LogP contribution in [0.4, 0.5) is 0 Å². The van der Waals surface area contributed by atoms with Crippen LogP contribution < -0.4 is 5.32 Å². The molecule has 21 heavy (non-hydrogen) atoms. The van der Waals surface area contributed by atoms with Gasteiger partial charge in [0.1, 0.15) is 6.04 Å². The maximum Gasteiger partial charge on any atom is 0.238 e. The van der Waals surface area contributed by atoms with Gasteiger partial charge in [-0.2, -0.15) is 4.31 Å². The highest BCUT2D eigenvalue weighted by Gasteiger charge is 2.40. The lowest BCUT2D eigenvalue weighted by Crippen LogP contribution is -2.45. The van der Waals surface area contributed by atoms with Crippen LogP contribution in [-0.2, 0) is 21.4 Å². The van der Waals surface area contributed by atoms with E-state index in [2.05, 4.69) is 5.32 Å². The number of carbonyl (C=O) groups excluding carboxylic acids is 1. The van der Waals surface area contributed by atoms with E-state index in [1.807, 2.05) is 6.07 Å². The fourth-order valence-electron chi connectivity index (χ4n) is 2.34. The predicted octanol–water partition coefficient (Wildman–Crippen LogP) is 0.351. The van der Waals surface area contributed by atoms with Gasteiger partial charge in [0.2, 0.25) is 15.9 Å². The summed E-state index contributed by atoms with van der Waals surface area (Å²) in [4.78, 5) is 12.1. The third kappa shape index (κ3) is 4.16. The van der Waals surface area contributed by atoms with E-state index in [-0.39, 0.29) is 19.5 Å². The van der Waals surface area contributed by atoms with Crippen LogP contribution in [0.5, 0.6) is 0 Å². The van der Waals surface area contributed by atoms with Gasteiger partial charge in [-0.05, 0) is 17.7 Å². The number of hydrogen-bond acceptors (Lipinski definition) is 4. The molecule has 1 aliphatic heterocycles. The Morgan fingerprint density at radius 1 is 1.52 bits per heavy atom. The number of rotatable bonds is 4. The number of halogens is 1. The summed E-state index contributed by atoms with van der Waals surface area (Å²) in [5.74, 6) is -0.419. The van der Waals surface area contributed by atoms with Crippen LogP contribution in [0.25, 0.3) is 0 Å². The molecule has 1 amide bonds. The third-order valence-electron chi connectivity index (χ3n) is 3.32. The molecule has 1 heterocycles. The standard InChI is InChI=1S/C13H17ClN2O4S/c1-21(19,20)16-8-11(17)6-12(16)13(18)15-7-9-3-2-4-10(14)5-9/h2-5,11-12,17H,6-8H2,1H3,(H,15,18)/t11-,12+/m1/s1. The first-order valence-corrected chi connectivity index (χ1v) is 8.67. The zero-order valence-corrected chi connectivity index (χ0v) is 13.1. The number of amides is 1. The number of β-amino-alcohol motifs (C(OH)–C–C–N with tert-alkyl or cyclic N) is 1. The number of nitrogens with one attached hydrogen (secondary N) is 1. The van der Waals surface area contributed by atoms with E-state index in [1.165, 1.54) is 0 Å². The van der Waals surface area contributed by atoms with Crippen molar-refractivity contribution >= 4 is 27.5 Å². The first kappa shape index (κ1) is 16.2. The van der Waals surface area contributed by atoms with Crippen molar-refractivity contribution in [3.63, 3.8) is 0 Å². The molecular formula is C13H17ClN2O4S. The molecule has 0 unspecified atom stereocenters. The fraction of sp³-hybridized carbons (Fsp3) is 0.462. The molecule has 1 aromatic carbocycles. The molecule has 0 radical (unpaired) electrons. The molecule has 0 aromatic heterocycles. The Bertz CT molecular complexity index is 635. The summed E-state index contributed by atoms with van der Waals surface area (Å²) < 4.78 is 24.3. The van der Waals surface area contributed by atoms with Crippen molar-refractivity contribution in [2.45, 2.75) is 25.1 Å². The van der Waals surface area contributed by atoms with Gasteiger partial charge in [0.15, 0.2) is 0 Å². The van der Waals surface area contributed by atoms with Crippen LogP contribution in [0.2, 0.25) is 5.02 Å². The number of aliphatic hydroxyl groups excluding tert-OH is 1. The summed E-state index contributed by atoms with van der Waals surface area (Å²) in [6.45, 7) is 0.206. The van der Waals surface area contributed by atoms with Crippen molar-refractivity contribution in [3.8, 4) is 0 Å². The van der Waals surface area contributed by atoms with Gasteiger partial charge in [0.25, 0.3) is 0 Å². The normalized spacial score (nSPS) is 23.2. The van der Waals surface area contributed by atoms with Crippen molar-refractivity contribution in [3.05, 3.63) is 34.9 Å². The van der Waals surface area contributed by atoms with Crippen LogP contribution in [0.3, 0.4) is 0 Å². The molecule has 0 aliphatic carbocycles. The quantitative estimate of drug-likeness (QED) is 0.833. The molecule has 116 valence electrons. The van der Waals surface area contributed by atoms with E-state index in [4.69, 9.17) is 11.6 Å². The third-order valence-corrected chi connectivity index (χ3v) is 4.81. The fourth-order valence-corrected chi connectivity index (χ4v) is 3.64. The first-order valence-electron chi connectivity index (χ1n) is 6.44. The van der Waals surface area contributed by atoms with Crippen molar-refractivity contribution in [1.29, 1.82) is 0 Å². The zero-order chi connectivity index (χ0) is 15.6. The molecule has 2 rings (SSSR count). The van der Waals surface area contributed by atoms with E-state index in [0.29, 0.717) is 5.02 Å². The topological polar surface area (TPSA) is 86.7 Å². The summed E-state index contributed by atoms with van der Waals surface area (Å²) in [7, 11) is -3.53. The second kappa shape index (κ2) is 6.31. The van der Waals surface area contributed by atoms with Crippen LogP contribution >= 0.6 is 11.6 Å². The van der Waals surface area contributed by atoms with Crippen molar-refractivity contribution < 1.29 is 18.3 Å². The highest BCUT2D eigenvalue weighted by Crippen LogP contribution is 2.21. The van der Waals surface area contributed by atoms with Gasteiger partial charge < -0.3 is 10.4 Å². The number of aliphatic hydroxyl groups is 1. The minimum atomic E-state index is -3.53. The van der Waals surface area contributed by atoms with E-state index >= 15 is 0 Å². The molecule has 0 spiro atoms. The van der Waals surface area contributed by atoms with E-state index in [0.717, 1.165) is 16.1 Å². The van der Waals surface area contributed by atoms with E-state index < -0.39 is 28.1 Å². The summed E-state index contributed by atoms with van der Waals surface area (Å²) >= 11 is 5.86. The second-order valence-corrected chi connectivity index (χ2v) is 7.46. The molecule has 8 heteroatoms. The monoisotopic (exact) mass is 332 g/mol. The second-order valence-electron chi connectivity index (χ2n) is 5.09. The van der Waals surface area contributed by atoms with Crippen molar-refractivity contribution in [2.24, 2.45) is 0 Å². The Kier molecular flexibility index (Phi) is 4.88. The molecule has 2 atom stereocenters. The highest BCUT2D eigenvalue weighted by atomic mass is 35.5. The Balaban J connectivity index is 2.02. The molecule has 0 bridgehead atoms. The van der Waals surface area contributed by atoms with E-state index in [1.54, 1.807) is 18.2 Å². The lowest BCUT2D eigenvalue weighted by molar-refractivity contribution is -0.124. The number of nitrogens with zero attached hydrogens (tertiary/aromatic N) is 1. The molecule has 1 saturated heterocycles. The number of benzene rings is 1. The van der Waals surface area contributed by atoms with Crippen molar-refractivity contribution in [1.82, 2.24) is 9.62 Å². The smallest absolute Gasteiger partial charge is 0.238 e. The SMILES string of the molecule is CS(=O)(=O)N1C[C@H](O)C[C@H]1C(=O)NCc1cccc(Cl)c1. The minimum absolute atomic E-state index is 0.0475. The van der Waals surface area contributed by atoms with Gasteiger partial charge in [-0.1, -0.05) is 23.7 Å². The largest absolute Gasteiger partial charge is 0.392 e. The lowest BCUT2D eigenvalue weighted by Gasteiger charge is -2.21. The van der Waals surface area contributed by atoms with Gasteiger partial charge in [0, 0.05) is 24.5 Å². The molecule has 1 aliphatic rings. The molecule has 6 nitrogen and oxygen atoms in total. The summed E-state index contributed by atoms with van der Waals surface area (Å²) in [6.07, 6.45) is 0.318. The van der Waals surface area contributed by atoms with Crippen molar-refractivity contribution in [2.75, 3.05) is 12.8 Å². The van der Waals surface area contributed by atoms with Gasteiger partial charge in [-0.3, -0.25) is 4.79 Å². The number of hydrogen-bond donors (Lipinski definition) is 2. The molecule has 1 fully saturated rings. The first-order chi connectivity index (χ1) is 9.77. The van der Waals surface area contributed by atoms with Crippen LogP contribution in [0.15, 0.2) is 24.3 Å².